The molecule has 0 radical (unpaired) electrons. The van der Waals surface area contributed by atoms with Crippen LogP contribution in [0.3, 0.4) is 0 Å². The molecule has 3 aromatic carbocycles. The smallest absolute Gasteiger partial charge is 0.227 e. The Morgan fingerprint density at radius 2 is 1.78 bits per heavy atom. The predicted molar refractivity (Wildman–Crippen MR) is 143 cm³/mol. The van der Waals surface area contributed by atoms with E-state index in [0.717, 1.165) is 53.4 Å². The maximum atomic E-state index is 13.1. The molecular weight excluding hydrogens is 466 g/mol. The fourth-order valence-corrected chi connectivity index (χ4v) is 5.17. The zero-order valence-corrected chi connectivity index (χ0v) is 21.1. The van der Waals surface area contributed by atoms with Gasteiger partial charge >= 0.3 is 0 Å². The molecule has 6 rings (SSSR count). The molecule has 0 bridgehead atoms. The lowest BCUT2D eigenvalue weighted by Gasteiger charge is -2.22. The van der Waals surface area contributed by atoms with Crippen LogP contribution in [0.5, 0.6) is 17.2 Å². The zero-order chi connectivity index (χ0) is 25.2. The van der Waals surface area contributed by atoms with Crippen molar-refractivity contribution < 1.29 is 19.0 Å². The number of aryl methyl sites for hydroxylation is 2. The fourth-order valence-electron chi connectivity index (χ4n) is 5.17. The van der Waals surface area contributed by atoms with Gasteiger partial charge in [-0.3, -0.25) is 4.79 Å². The minimum Gasteiger partial charge on any atom is -0.494 e. The quantitative estimate of drug-likeness (QED) is 0.301. The molecule has 4 aromatic rings. The molecule has 1 fully saturated rings. The number of imidazole rings is 1. The average molecular weight is 498 g/mol. The Bertz CT molecular complexity index is 1410. The lowest BCUT2D eigenvalue weighted by atomic mass is 10.1. The molecule has 0 spiro atoms. The summed E-state index contributed by atoms with van der Waals surface area (Å²) < 4.78 is 19.6. The molecule has 1 amide bonds. The number of ether oxygens (including phenoxy) is 3. The number of benzene rings is 3. The lowest BCUT2D eigenvalue weighted by molar-refractivity contribution is -0.117. The van der Waals surface area contributed by atoms with Crippen LogP contribution in [0, 0.1) is 6.92 Å². The van der Waals surface area contributed by atoms with Gasteiger partial charge in [0.2, 0.25) is 5.91 Å². The summed E-state index contributed by atoms with van der Waals surface area (Å²) in [5.41, 5.74) is 4.15. The number of hydrogen-bond donors (Lipinski definition) is 0. The SMILES string of the molecule is Cc1ccc(OCCCCn2c(C3CC(=O)N(c4ccc5c(c4)OCCO5)C3)nc3ccccc32)cc1. The van der Waals surface area contributed by atoms with Crippen molar-refractivity contribution in [2.24, 2.45) is 0 Å². The summed E-state index contributed by atoms with van der Waals surface area (Å²) >= 11 is 0. The van der Waals surface area contributed by atoms with Crippen LogP contribution in [-0.4, -0.2) is 41.8 Å². The van der Waals surface area contributed by atoms with E-state index in [1.54, 1.807) is 0 Å². The Labute approximate surface area is 216 Å². The molecule has 3 heterocycles. The molecule has 0 saturated carbocycles. The van der Waals surface area contributed by atoms with E-state index in [-0.39, 0.29) is 11.8 Å². The molecule has 1 unspecified atom stereocenters. The number of rotatable bonds is 8. The number of aromatic nitrogens is 2. The number of para-hydroxylation sites is 2. The van der Waals surface area contributed by atoms with E-state index in [1.165, 1.54) is 5.56 Å². The third kappa shape index (κ3) is 4.86. The number of unbranched alkanes of at least 4 members (excludes halogenated alkanes) is 1. The first-order valence-electron chi connectivity index (χ1n) is 13.0. The van der Waals surface area contributed by atoms with Crippen molar-refractivity contribution in [3.05, 3.63) is 78.1 Å². The molecule has 0 aliphatic carbocycles. The summed E-state index contributed by atoms with van der Waals surface area (Å²) in [4.78, 5) is 19.9. The first-order chi connectivity index (χ1) is 18.2. The highest BCUT2D eigenvalue weighted by Gasteiger charge is 2.35. The molecule has 0 N–H and O–H groups in total. The number of nitrogens with zero attached hydrogens (tertiary/aromatic N) is 3. The highest BCUT2D eigenvalue weighted by atomic mass is 16.6. The number of carbonyl (C=O) groups excluding carboxylic acids is 1. The average Bonchev–Trinajstić information content (AvgIpc) is 3.49. The molecule has 1 aromatic heterocycles. The summed E-state index contributed by atoms with van der Waals surface area (Å²) in [6, 6.07) is 22.1. The molecule has 2 aliphatic heterocycles. The fraction of sp³-hybridized carbons (Fsp3) is 0.333. The van der Waals surface area contributed by atoms with Gasteiger partial charge < -0.3 is 23.7 Å². The van der Waals surface area contributed by atoms with Crippen LogP contribution in [0.4, 0.5) is 5.69 Å². The van der Waals surface area contributed by atoms with Crippen molar-refractivity contribution in [2.75, 3.05) is 31.3 Å². The van der Waals surface area contributed by atoms with Crippen LogP contribution in [0.1, 0.15) is 36.6 Å². The number of amides is 1. The topological polar surface area (TPSA) is 65.8 Å². The second kappa shape index (κ2) is 10.2. The van der Waals surface area contributed by atoms with Gasteiger partial charge in [0, 0.05) is 37.2 Å². The monoisotopic (exact) mass is 497 g/mol. The molecule has 1 atom stereocenters. The number of anilines is 1. The molecule has 190 valence electrons. The van der Waals surface area contributed by atoms with Gasteiger partial charge in [-0.25, -0.2) is 4.98 Å². The van der Waals surface area contributed by atoms with E-state index in [2.05, 4.69) is 29.7 Å². The Hall–Kier alpha value is -4.00. The van der Waals surface area contributed by atoms with Crippen molar-refractivity contribution in [3.8, 4) is 17.2 Å². The first kappa shape index (κ1) is 23.4. The molecule has 2 aliphatic rings. The van der Waals surface area contributed by atoms with Crippen molar-refractivity contribution in [3.63, 3.8) is 0 Å². The van der Waals surface area contributed by atoms with Gasteiger partial charge in [-0.2, -0.15) is 0 Å². The van der Waals surface area contributed by atoms with Gasteiger partial charge in [0.25, 0.3) is 0 Å². The largest absolute Gasteiger partial charge is 0.494 e. The van der Waals surface area contributed by atoms with Gasteiger partial charge in [-0.1, -0.05) is 29.8 Å². The molecule has 7 nitrogen and oxygen atoms in total. The van der Waals surface area contributed by atoms with E-state index in [1.807, 2.05) is 53.4 Å². The van der Waals surface area contributed by atoms with Crippen LogP contribution in [0.15, 0.2) is 66.7 Å². The minimum atomic E-state index is 0.0249. The maximum absolute atomic E-state index is 13.1. The minimum absolute atomic E-state index is 0.0249. The normalized spacial score (nSPS) is 16.9. The Kier molecular flexibility index (Phi) is 6.43. The van der Waals surface area contributed by atoms with Gasteiger partial charge in [0.05, 0.1) is 17.6 Å². The highest BCUT2D eigenvalue weighted by molar-refractivity contribution is 5.97. The number of carbonyl (C=O) groups is 1. The van der Waals surface area contributed by atoms with E-state index >= 15 is 0 Å². The van der Waals surface area contributed by atoms with E-state index in [0.29, 0.717) is 38.5 Å². The van der Waals surface area contributed by atoms with Gasteiger partial charge in [0.1, 0.15) is 24.8 Å². The summed E-state index contributed by atoms with van der Waals surface area (Å²) in [6.45, 7) is 5.24. The second-order valence-corrected chi connectivity index (χ2v) is 9.71. The van der Waals surface area contributed by atoms with Crippen molar-refractivity contribution in [2.45, 2.75) is 38.6 Å². The Morgan fingerprint density at radius 1 is 0.973 bits per heavy atom. The van der Waals surface area contributed by atoms with E-state index in [4.69, 9.17) is 19.2 Å². The Balaban J connectivity index is 1.16. The van der Waals surface area contributed by atoms with Crippen LogP contribution >= 0.6 is 0 Å². The highest BCUT2D eigenvalue weighted by Crippen LogP contribution is 2.38. The Morgan fingerprint density at radius 3 is 2.65 bits per heavy atom. The zero-order valence-electron chi connectivity index (χ0n) is 21.1. The van der Waals surface area contributed by atoms with Crippen molar-refractivity contribution >= 4 is 22.6 Å². The van der Waals surface area contributed by atoms with Gasteiger partial charge in [-0.15, -0.1) is 0 Å². The molecule has 37 heavy (non-hydrogen) atoms. The number of fused-ring (bicyclic) bond motifs is 2. The third-order valence-electron chi connectivity index (χ3n) is 7.08. The molecular formula is C30H31N3O4. The summed E-state index contributed by atoms with van der Waals surface area (Å²) in [6.07, 6.45) is 2.34. The standard InChI is InChI=1S/C30H31N3O4/c1-21-8-11-24(12-9-21)35-15-5-4-14-32-26-7-3-2-6-25(26)31-30(32)22-18-29(34)33(20-22)23-10-13-27-28(19-23)37-17-16-36-27/h2-3,6-13,19,22H,4-5,14-18,20H2,1H3. The van der Waals surface area contributed by atoms with E-state index < -0.39 is 0 Å². The summed E-state index contributed by atoms with van der Waals surface area (Å²) in [5, 5.41) is 0. The van der Waals surface area contributed by atoms with E-state index in [9.17, 15) is 4.79 Å². The second-order valence-electron chi connectivity index (χ2n) is 9.71. The van der Waals surface area contributed by atoms with Crippen molar-refractivity contribution in [1.29, 1.82) is 0 Å². The van der Waals surface area contributed by atoms with Crippen LogP contribution in [-0.2, 0) is 11.3 Å². The van der Waals surface area contributed by atoms with Crippen LogP contribution in [0.2, 0.25) is 0 Å². The van der Waals surface area contributed by atoms with Crippen LogP contribution in [0.25, 0.3) is 11.0 Å². The summed E-state index contributed by atoms with van der Waals surface area (Å²) in [5.74, 6) is 3.44. The predicted octanol–water partition coefficient (Wildman–Crippen LogP) is 5.50. The summed E-state index contributed by atoms with van der Waals surface area (Å²) in [7, 11) is 0. The third-order valence-corrected chi connectivity index (χ3v) is 7.08. The molecule has 7 heteroatoms. The maximum Gasteiger partial charge on any atom is 0.227 e. The number of hydrogen-bond acceptors (Lipinski definition) is 5. The van der Waals surface area contributed by atoms with Gasteiger partial charge in [-0.05, 0) is 56.2 Å². The molecule has 1 saturated heterocycles. The van der Waals surface area contributed by atoms with Crippen LogP contribution < -0.4 is 19.1 Å². The lowest BCUT2D eigenvalue weighted by Crippen LogP contribution is -2.25. The van der Waals surface area contributed by atoms with Crippen molar-refractivity contribution in [1.82, 2.24) is 9.55 Å². The van der Waals surface area contributed by atoms with Gasteiger partial charge in [0.15, 0.2) is 11.5 Å². The first-order valence-corrected chi connectivity index (χ1v) is 13.0.